The molecular weight excluding hydrogens is 252 g/mol. The summed E-state index contributed by atoms with van der Waals surface area (Å²) < 4.78 is 0. The molecular formula is C14H24N6. The van der Waals surface area contributed by atoms with Crippen LogP contribution in [0.1, 0.15) is 39.0 Å². The Labute approximate surface area is 120 Å². The van der Waals surface area contributed by atoms with Crippen LogP contribution in [0.5, 0.6) is 0 Å². The van der Waals surface area contributed by atoms with Crippen molar-refractivity contribution in [1.29, 1.82) is 0 Å². The first-order valence-electron chi connectivity index (χ1n) is 7.73. The van der Waals surface area contributed by atoms with Gasteiger partial charge in [0.25, 0.3) is 0 Å². The predicted octanol–water partition coefficient (Wildman–Crippen LogP) is 1.89. The van der Waals surface area contributed by atoms with Gasteiger partial charge in [0.1, 0.15) is 0 Å². The van der Waals surface area contributed by atoms with Crippen LogP contribution in [0.2, 0.25) is 0 Å². The van der Waals surface area contributed by atoms with Crippen molar-refractivity contribution in [2.75, 3.05) is 41.8 Å². The minimum atomic E-state index is 0.516. The van der Waals surface area contributed by atoms with Gasteiger partial charge in [-0.2, -0.15) is 15.0 Å². The van der Waals surface area contributed by atoms with Crippen molar-refractivity contribution in [3.63, 3.8) is 0 Å². The molecule has 3 heterocycles. The lowest BCUT2D eigenvalue weighted by Gasteiger charge is -2.33. The molecule has 0 aliphatic carbocycles. The van der Waals surface area contributed by atoms with Gasteiger partial charge in [-0.3, -0.25) is 0 Å². The first kappa shape index (κ1) is 13.4. The first-order valence-corrected chi connectivity index (χ1v) is 7.73. The van der Waals surface area contributed by atoms with Gasteiger partial charge in [-0.05, 0) is 39.0 Å². The SMILES string of the molecule is CNc1nc(N2CCCC2)nc(N2CCCCC2C)n1. The number of nitrogens with zero attached hydrogens (tertiary/aromatic N) is 5. The van der Waals surface area contributed by atoms with Gasteiger partial charge in [-0.15, -0.1) is 0 Å². The van der Waals surface area contributed by atoms with E-state index in [0.717, 1.165) is 31.5 Å². The minimum absolute atomic E-state index is 0.516. The number of nitrogens with one attached hydrogen (secondary N) is 1. The van der Waals surface area contributed by atoms with Crippen molar-refractivity contribution in [2.45, 2.75) is 45.1 Å². The van der Waals surface area contributed by atoms with Crippen LogP contribution >= 0.6 is 0 Å². The van der Waals surface area contributed by atoms with Gasteiger partial charge in [0.15, 0.2) is 0 Å². The van der Waals surface area contributed by atoms with Gasteiger partial charge < -0.3 is 15.1 Å². The molecule has 1 N–H and O–H groups in total. The fraction of sp³-hybridized carbons (Fsp3) is 0.786. The monoisotopic (exact) mass is 276 g/mol. The summed E-state index contributed by atoms with van der Waals surface area (Å²) in [6, 6.07) is 0.516. The van der Waals surface area contributed by atoms with Crippen LogP contribution in [0.4, 0.5) is 17.8 Å². The zero-order valence-electron chi connectivity index (χ0n) is 12.5. The van der Waals surface area contributed by atoms with E-state index < -0.39 is 0 Å². The second kappa shape index (κ2) is 5.81. The highest BCUT2D eigenvalue weighted by Crippen LogP contribution is 2.25. The molecule has 6 heteroatoms. The Balaban J connectivity index is 1.90. The van der Waals surface area contributed by atoms with Gasteiger partial charge in [-0.1, -0.05) is 0 Å². The molecule has 110 valence electrons. The van der Waals surface area contributed by atoms with Crippen LogP contribution in [0.3, 0.4) is 0 Å². The summed E-state index contributed by atoms with van der Waals surface area (Å²) in [7, 11) is 1.87. The molecule has 0 amide bonds. The lowest BCUT2D eigenvalue weighted by molar-refractivity contribution is 0.476. The van der Waals surface area contributed by atoms with Gasteiger partial charge in [-0.25, -0.2) is 0 Å². The van der Waals surface area contributed by atoms with Crippen LogP contribution in [0, 0.1) is 0 Å². The molecule has 3 rings (SSSR count). The highest BCUT2D eigenvalue weighted by molar-refractivity contribution is 5.46. The van der Waals surface area contributed by atoms with E-state index in [1.807, 2.05) is 7.05 Å². The quantitative estimate of drug-likeness (QED) is 0.910. The molecule has 1 aromatic heterocycles. The smallest absolute Gasteiger partial charge is 0.232 e. The van der Waals surface area contributed by atoms with Crippen molar-refractivity contribution < 1.29 is 0 Å². The van der Waals surface area contributed by atoms with Crippen molar-refractivity contribution in [3.8, 4) is 0 Å². The van der Waals surface area contributed by atoms with Crippen LogP contribution in [0.25, 0.3) is 0 Å². The molecule has 0 spiro atoms. The Bertz CT molecular complexity index is 457. The summed E-state index contributed by atoms with van der Waals surface area (Å²) in [5.41, 5.74) is 0. The van der Waals surface area contributed by atoms with Crippen molar-refractivity contribution >= 4 is 17.8 Å². The Morgan fingerprint density at radius 3 is 2.35 bits per heavy atom. The number of piperidine rings is 1. The number of anilines is 3. The zero-order valence-corrected chi connectivity index (χ0v) is 12.5. The van der Waals surface area contributed by atoms with Crippen molar-refractivity contribution in [3.05, 3.63) is 0 Å². The summed E-state index contributed by atoms with van der Waals surface area (Å²) in [4.78, 5) is 18.4. The Kier molecular flexibility index (Phi) is 3.89. The third kappa shape index (κ3) is 2.64. The summed E-state index contributed by atoms with van der Waals surface area (Å²) in [5.74, 6) is 2.34. The van der Waals surface area contributed by atoms with E-state index in [9.17, 15) is 0 Å². The van der Waals surface area contributed by atoms with Crippen LogP contribution < -0.4 is 15.1 Å². The molecule has 2 aliphatic heterocycles. The Morgan fingerprint density at radius 2 is 1.65 bits per heavy atom. The van der Waals surface area contributed by atoms with E-state index in [-0.39, 0.29) is 0 Å². The van der Waals surface area contributed by atoms with E-state index in [0.29, 0.717) is 12.0 Å². The maximum atomic E-state index is 4.73. The third-order valence-corrected chi connectivity index (χ3v) is 4.28. The number of aromatic nitrogens is 3. The second-order valence-corrected chi connectivity index (χ2v) is 5.74. The molecule has 2 fully saturated rings. The number of rotatable bonds is 3. The largest absolute Gasteiger partial charge is 0.357 e. The summed E-state index contributed by atoms with van der Waals surface area (Å²) in [6.07, 6.45) is 6.22. The van der Waals surface area contributed by atoms with Crippen LogP contribution in [-0.4, -0.2) is 47.7 Å². The molecule has 1 unspecified atom stereocenters. The molecule has 20 heavy (non-hydrogen) atoms. The fourth-order valence-corrected chi connectivity index (χ4v) is 3.05. The van der Waals surface area contributed by atoms with E-state index in [4.69, 9.17) is 4.98 Å². The second-order valence-electron chi connectivity index (χ2n) is 5.74. The molecule has 6 nitrogen and oxygen atoms in total. The van der Waals surface area contributed by atoms with E-state index >= 15 is 0 Å². The average Bonchev–Trinajstić information content (AvgIpc) is 3.01. The zero-order chi connectivity index (χ0) is 13.9. The van der Waals surface area contributed by atoms with Gasteiger partial charge in [0.05, 0.1) is 0 Å². The molecule has 1 aromatic rings. The Morgan fingerprint density at radius 1 is 0.950 bits per heavy atom. The predicted molar refractivity (Wildman–Crippen MR) is 81.5 cm³/mol. The third-order valence-electron chi connectivity index (χ3n) is 4.28. The molecule has 2 aliphatic rings. The summed E-state index contributed by atoms with van der Waals surface area (Å²) in [6.45, 7) is 5.43. The lowest BCUT2D eigenvalue weighted by atomic mass is 10.0. The molecule has 0 aromatic carbocycles. The summed E-state index contributed by atoms with van der Waals surface area (Å²) >= 11 is 0. The standard InChI is InChI=1S/C14H24N6/c1-11-7-3-4-10-20(11)14-17-12(15-2)16-13(18-14)19-8-5-6-9-19/h11H,3-10H2,1-2H3,(H,15,16,17,18). The molecule has 0 bridgehead atoms. The Hall–Kier alpha value is -1.59. The normalized spacial score (nSPS) is 23.2. The number of hydrogen-bond donors (Lipinski definition) is 1. The van der Waals surface area contributed by atoms with E-state index in [2.05, 4.69) is 32.0 Å². The maximum absolute atomic E-state index is 4.73. The van der Waals surface area contributed by atoms with Crippen LogP contribution in [-0.2, 0) is 0 Å². The van der Waals surface area contributed by atoms with E-state index in [1.54, 1.807) is 0 Å². The topological polar surface area (TPSA) is 57.2 Å². The first-order chi connectivity index (χ1) is 9.78. The molecule has 0 saturated carbocycles. The van der Waals surface area contributed by atoms with Crippen molar-refractivity contribution in [1.82, 2.24) is 15.0 Å². The lowest BCUT2D eigenvalue weighted by Crippen LogP contribution is -2.39. The summed E-state index contributed by atoms with van der Waals surface area (Å²) in [5, 5.41) is 3.07. The number of hydrogen-bond acceptors (Lipinski definition) is 6. The highest BCUT2D eigenvalue weighted by Gasteiger charge is 2.24. The maximum Gasteiger partial charge on any atom is 0.232 e. The fourth-order valence-electron chi connectivity index (χ4n) is 3.05. The molecule has 0 radical (unpaired) electrons. The van der Waals surface area contributed by atoms with Gasteiger partial charge in [0, 0.05) is 32.7 Å². The average molecular weight is 276 g/mol. The van der Waals surface area contributed by atoms with Gasteiger partial charge in [0.2, 0.25) is 17.8 Å². The van der Waals surface area contributed by atoms with Crippen molar-refractivity contribution in [2.24, 2.45) is 0 Å². The van der Waals surface area contributed by atoms with Crippen LogP contribution in [0.15, 0.2) is 0 Å². The highest BCUT2D eigenvalue weighted by atomic mass is 15.4. The van der Waals surface area contributed by atoms with E-state index in [1.165, 1.54) is 32.1 Å². The van der Waals surface area contributed by atoms with Gasteiger partial charge >= 0.3 is 0 Å². The molecule has 1 atom stereocenters. The molecule has 2 saturated heterocycles. The minimum Gasteiger partial charge on any atom is -0.357 e.